The Morgan fingerprint density at radius 1 is 1.00 bits per heavy atom. The van der Waals surface area contributed by atoms with Gasteiger partial charge in [-0.25, -0.2) is 4.90 Å². The highest BCUT2D eigenvalue weighted by Crippen LogP contribution is 2.38. The Labute approximate surface area is 171 Å². The molecule has 0 saturated heterocycles. The fourth-order valence-corrected chi connectivity index (χ4v) is 2.94. The van der Waals surface area contributed by atoms with Crippen molar-refractivity contribution in [3.05, 3.63) is 69.3 Å². The summed E-state index contributed by atoms with van der Waals surface area (Å²) in [6.07, 6.45) is -4.72. The third-order valence-corrected chi connectivity index (χ3v) is 4.60. The molecule has 2 amide bonds. The molecule has 150 valence electrons. The van der Waals surface area contributed by atoms with Gasteiger partial charge in [0.05, 0.1) is 22.2 Å². The van der Waals surface area contributed by atoms with Crippen molar-refractivity contribution in [1.82, 2.24) is 0 Å². The number of rotatable bonds is 4. The number of hydrogen-bond donors (Lipinski definition) is 1. The van der Waals surface area contributed by atoms with Crippen molar-refractivity contribution >= 4 is 52.4 Å². The first-order chi connectivity index (χ1) is 13.5. The number of nitrogens with one attached hydrogen (secondary N) is 1. The Balaban J connectivity index is 1.94. The zero-order chi connectivity index (χ0) is 21.5. The molecule has 1 heterocycles. The molecule has 2 aromatic carbocycles. The van der Waals surface area contributed by atoms with Gasteiger partial charge in [0, 0.05) is 5.69 Å². The maximum absolute atomic E-state index is 13.0. The molecule has 29 heavy (non-hydrogen) atoms. The molecule has 1 N–H and O–H groups in total. The predicted octanol–water partition coefficient (Wildman–Crippen LogP) is 3.16. The van der Waals surface area contributed by atoms with Gasteiger partial charge in [-0.1, -0.05) is 35.3 Å². The second kappa shape index (κ2) is 7.41. The van der Waals surface area contributed by atoms with Crippen LogP contribution in [0, 0.1) is 0 Å². The third-order valence-electron chi connectivity index (χ3n) is 3.93. The van der Waals surface area contributed by atoms with E-state index < -0.39 is 45.9 Å². The van der Waals surface area contributed by atoms with Crippen LogP contribution in [0.2, 0.25) is 5.02 Å². The number of carboxylic acids is 1. The highest BCUT2D eigenvalue weighted by Gasteiger charge is 2.41. The van der Waals surface area contributed by atoms with Crippen LogP contribution >= 0.6 is 23.2 Å². The Morgan fingerprint density at radius 2 is 1.62 bits per heavy atom. The van der Waals surface area contributed by atoms with Crippen LogP contribution in [0.3, 0.4) is 0 Å². The van der Waals surface area contributed by atoms with Crippen molar-refractivity contribution in [2.45, 2.75) is 6.18 Å². The number of imide groups is 1. The summed E-state index contributed by atoms with van der Waals surface area (Å²) in [5, 5.41) is 12.5. The van der Waals surface area contributed by atoms with Crippen molar-refractivity contribution in [1.29, 1.82) is 0 Å². The van der Waals surface area contributed by atoms with E-state index in [1.165, 1.54) is 24.3 Å². The van der Waals surface area contributed by atoms with Crippen molar-refractivity contribution in [2.24, 2.45) is 0 Å². The van der Waals surface area contributed by atoms with Gasteiger partial charge in [0.15, 0.2) is 0 Å². The molecule has 0 radical (unpaired) electrons. The molecule has 6 nitrogen and oxygen atoms in total. The van der Waals surface area contributed by atoms with E-state index in [0.717, 1.165) is 6.07 Å². The molecule has 1 aliphatic heterocycles. The molecule has 2 aromatic rings. The van der Waals surface area contributed by atoms with Crippen LogP contribution < -0.4 is 15.3 Å². The first kappa shape index (κ1) is 20.7. The summed E-state index contributed by atoms with van der Waals surface area (Å²) in [6.45, 7) is 0. The van der Waals surface area contributed by atoms with Gasteiger partial charge >= 0.3 is 6.18 Å². The molecule has 0 fully saturated rings. The SMILES string of the molecule is O=C([O-])c1ccc(NC2=C(Cl)C(=O)N(c3cc(C(F)(F)F)ccc3Cl)C2=O)cc1. The maximum atomic E-state index is 13.0. The monoisotopic (exact) mass is 443 g/mol. The van der Waals surface area contributed by atoms with E-state index in [9.17, 15) is 32.7 Å². The summed E-state index contributed by atoms with van der Waals surface area (Å²) in [5.74, 6) is -3.50. The minimum absolute atomic E-state index is 0.123. The van der Waals surface area contributed by atoms with Crippen molar-refractivity contribution in [3.63, 3.8) is 0 Å². The van der Waals surface area contributed by atoms with Crippen LogP contribution in [0.1, 0.15) is 15.9 Å². The minimum atomic E-state index is -4.72. The molecule has 1 aliphatic rings. The van der Waals surface area contributed by atoms with Crippen LogP contribution in [-0.4, -0.2) is 17.8 Å². The molecule has 11 heteroatoms. The van der Waals surface area contributed by atoms with E-state index >= 15 is 0 Å². The summed E-state index contributed by atoms with van der Waals surface area (Å²) in [5.41, 5.74) is -1.89. The van der Waals surface area contributed by atoms with Crippen LogP contribution in [0.4, 0.5) is 24.5 Å². The summed E-state index contributed by atoms with van der Waals surface area (Å²) < 4.78 is 39.0. The lowest BCUT2D eigenvalue weighted by Crippen LogP contribution is -2.32. The second-order valence-corrected chi connectivity index (χ2v) is 6.57. The van der Waals surface area contributed by atoms with Crippen molar-refractivity contribution in [2.75, 3.05) is 10.2 Å². The number of halogens is 5. The average Bonchev–Trinajstić information content (AvgIpc) is 2.85. The van der Waals surface area contributed by atoms with E-state index in [2.05, 4.69) is 5.32 Å². The smallest absolute Gasteiger partial charge is 0.416 e. The molecular formula is C18H8Cl2F3N2O4-. The number of anilines is 2. The number of benzene rings is 2. The number of aromatic carboxylic acids is 1. The van der Waals surface area contributed by atoms with E-state index in [0.29, 0.717) is 17.0 Å². The number of nitrogens with zero attached hydrogens (tertiary/aromatic N) is 1. The molecule has 0 saturated carbocycles. The van der Waals surface area contributed by atoms with Gasteiger partial charge in [-0.3, -0.25) is 9.59 Å². The normalized spacial score (nSPS) is 14.6. The lowest BCUT2D eigenvalue weighted by atomic mass is 10.1. The summed E-state index contributed by atoms with van der Waals surface area (Å²) in [4.78, 5) is 36.3. The van der Waals surface area contributed by atoms with Gasteiger partial charge in [0.2, 0.25) is 0 Å². The number of carboxylic acid groups (broad SMARTS) is 1. The van der Waals surface area contributed by atoms with E-state index in [1.807, 2.05) is 0 Å². The summed E-state index contributed by atoms with van der Waals surface area (Å²) in [7, 11) is 0. The maximum Gasteiger partial charge on any atom is 0.416 e. The van der Waals surface area contributed by atoms with Crippen LogP contribution in [0.15, 0.2) is 53.2 Å². The van der Waals surface area contributed by atoms with E-state index in [-0.39, 0.29) is 16.3 Å². The Morgan fingerprint density at radius 3 is 2.17 bits per heavy atom. The van der Waals surface area contributed by atoms with Crippen molar-refractivity contribution in [3.8, 4) is 0 Å². The van der Waals surface area contributed by atoms with Gasteiger partial charge in [-0.05, 0) is 35.9 Å². The topological polar surface area (TPSA) is 89.5 Å². The molecule has 0 bridgehead atoms. The largest absolute Gasteiger partial charge is 0.545 e. The number of carbonyl (C=O) groups is 3. The van der Waals surface area contributed by atoms with Gasteiger partial charge in [0.25, 0.3) is 11.8 Å². The minimum Gasteiger partial charge on any atom is -0.545 e. The zero-order valence-corrected chi connectivity index (χ0v) is 15.5. The molecule has 0 atom stereocenters. The van der Waals surface area contributed by atoms with Crippen LogP contribution in [0.25, 0.3) is 0 Å². The summed E-state index contributed by atoms with van der Waals surface area (Å²) in [6, 6.07) is 7.16. The van der Waals surface area contributed by atoms with Crippen LogP contribution in [0.5, 0.6) is 0 Å². The number of hydrogen-bond acceptors (Lipinski definition) is 5. The molecule has 0 spiro atoms. The van der Waals surface area contributed by atoms with Gasteiger partial charge in [-0.2, -0.15) is 13.2 Å². The lowest BCUT2D eigenvalue weighted by Gasteiger charge is -2.18. The zero-order valence-electron chi connectivity index (χ0n) is 14.0. The Kier molecular flexibility index (Phi) is 5.29. The Bertz CT molecular complexity index is 1070. The predicted molar refractivity (Wildman–Crippen MR) is 96.2 cm³/mol. The van der Waals surface area contributed by atoms with E-state index in [1.54, 1.807) is 0 Å². The van der Waals surface area contributed by atoms with Crippen LogP contribution in [-0.2, 0) is 15.8 Å². The fraction of sp³-hybridized carbons (Fsp3) is 0.0556. The Hall–Kier alpha value is -3.04. The number of alkyl halides is 3. The number of carbonyl (C=O) groups excluding carboxylic acids is 3. The standard InChI is InChI=1S/C18H9Cl2F3N2O4/c19-11-6-3-9(18(21,22)23)7-12(11)25-15(26)13(20)14(16(25)27)24-10-4-1-8(2-5-10)17(28)29/h1-7,24H,(H,28,29)/p-1. The second-order valence-electron chi connectivity index (χ2n) is 5.79. The highest BCUT2D eigenvalue weighted by molar-refractivity contribution is 6.53. The average molecular weight is 444 g/mol. The molecule has 0 aromatic heterocycles. The first-order valence-electron chi connectivity index (χ1n) is 7.74. The van der Waals surface area contributed by atoms with Gasteiger partial charge < -0.3 is 15.2 Å². The molecule has 0 aliphatic carbocycles. The van der Waals surface area contributed by atoms with Gasteiger partial charge in [0.1, 0.15) is 10.7 Å². The first-order valence-corrected chi connectivity index (χ1v) is 8.50. The highest BCUT2D eigenvalue weighted by atomic mass is 35.5. The third kappa shape index (κ3) is 3.92. The van der Waals surface area contributed by atoms with Crippen molar-refractivity contribution < 1.29 is 32.7 Å². The molecular weight excluding hydrogens is 436 g/mol. The lowest BCUT2D eigenvalue weighted by molar-refractivity contribution is -0.255. The van der Waals surface area contributed by atoms with Gasteiger partial charge in [-0.15, -0.1) is 0 Å². The summed E-state index contributed by atoms with van der Waals surface area (Å²) >= 11 is 11.8. The number of amides is 2. The quantitative estimate of drug-likeness (QED) is 0.733. The molecule has 0 unspecified atom stereocenters. The van der Waals surface area contributed by atoms with E-state index in [4.69, 9.17) is 23.2 Å². The molecule has 3 rings (SSSR count). The fourth-order valence-electron chi connectivity index (χ4n) is 2.52.